The SMILES string of the molecule is NC(=S)c1ncccc1CN1CCCC1. The second-order valence-corrected chi connectivity index (χ2v) is 4.30. The van der Waals surface area contributed by atoms with Gasteiger partial charge in [0.25, 0.3) is 0 Å². The Labute approximate surface area is 95.3 Å². The average molecular weight is 221 g/mol. The monoisotopic (exact) mass is 221 g/mol. The van der Waals surface area contributed by atoms with Gasteiger partial charge in [-0.3, -0.25) is 9.88 Å². The number of hydrogen-bond donors (Lipinski definition) is 1. The molecule has 0 unspecified atom stereocenters. The van der Waals surface area contributed by atoms with Crippen molar-refractivity contribution in [1.29, 1.82) is 0 Å². The predicted octanol–water partition coefficient (Wildman–Crippen LogP) is 1.31. The Morgan fingerprint density at radius 3 is 2.87 bits per heavy atom. The van der Waals surface area contributed by atoms with Crippen molar-refractivity contribution in [2.24, 2.45) is 5.73 Å². The van der Waals surface area contributed by atoms with Crippen molar-refractivity contribution in [3.05, 3.63) is 29.6 Å². The highest BCUT2D eigenvalue weighted by Crippen LogP contribution is 2.14. The summed E-state index contributed by atoms with van der Waals surface area (Å²) in [6.45, 7) is 3.26. The first-order chi connectivity index (χ1) is 7.27. The number of pyridine rings is 1. The lowest BCUT2D eigenvalue weighted by atomic mass is 10.2. The Morgan fingerprint density at radius 2 is 2.20 bits per heavy atom. The summed E-state index contributed by atoms with van der Waals surface area (Å²) in [5, 5.41) is 0. The van der Waals surface area contributed by atoms with E-state index in [1.807, 2.05) is 6.07 Å². The third-order valence-corrected chi connectivity index (χ3v) is 2.91. The van der Waals surface area contributed by atoms with Crippen molar-refractivity contribution in [3.8, 4) is 0 Å². The zero-order chi connectivity index (χ0) is 10.7. The van der Waals surface area contributed by atoms with E-state index in [0.717, 1.165) is 17.8 Å². The maximum atomic E-state index is 5.64. The van der Waals surface area contributed by atoms with Crippen LogP contribution < -0.4 is 5.73 Å². The smallest absolute Gasteiger partial charge is 0.123 e. The normalized spacial score (nSPS) is 16.8. The van der Waals surface area contributed by atoms with Crippen molar-refractivity contribution in [2.75, 3.05) is 13.1 Å². The number of likely N-dealkylation sites (tertiary alicyclic amines) is 1. The Kier molecular flexibility index (Phi) is 3.28. The molecule has 1 saturated heterocycles. The van der Waals surface area contributed by atoms with E-state index in [1.165, 1.54) is 25.9 Å². The van der Waals surface area contributed by atoms with Gasteiger partial charge >= 0.3 is 0 Å². The number of nitrogens with two attached hydrogens (primary N) is 1. The molecule has 0 aromatic carbocycles. The highest BCUT2D eigenvalue weighted by molar-refractivity contribution is 7.80. The van der Waals surface area contributed by atoms with Crippen LogP contribution in [0.5, 0.6) is 0 Å². The molecule has 1 fully saturated rings. The second kappa shape index (κ2) is 4.68. The van der Waals surface area contributed by atoms with Crippen molar-refractivity contribution in [3.63, 3.8) is 0 Å². The summed E-state index contributed by atoms with van der Waals surface area (Å²) >= 11 is 4.99. The van der Waals surface area contributed by atoms with E-state index in [9.17, 15) is 0 Å². The molecule has 1 aromatic heterocycles. The van der Waals surface area contributed by atoms with Gasteiger partial charge in [0.05, 0.1) is 0 Å². The lowest BCUT2D eigenvalue weighted by Crippen LogP contribution is -2.22. The van der Waals surface area contributed by atoms with E-state index in [2.05, 4.69) is 16.0 Å². The third kappa shape index (κ3) is 2.52. The zero-order valence-electron chi connectivity index (χ0n) is 8.65. The quantitative estimate of drug-likeness (QED) is 0.782. The second-order valence-electron chi connectivity index (χ2n) is 3.86. The summed E-state index contributed by atoms with van der Waals surface area (Å²) in [7, 11) is 0. The highest BCUT2D eigenvalue weighted by Gasteiger charge is 2.14. The molecule has 1 aromatic rings. The molecule has 15 heavy (non-hydrogen) atoms. The minimum absolute atomic E-state index is 0.393. The molecule has 4 heteroatoms. The fourth-order valence-electron chi connectivity index (χ4n) is 1.97. The number of rotatable bonds is 3. The number of thiocarbonyl (C=S) groups is 1. The molecule has 3 nitrogen and oxygen atoms in total. The van der Waals surface area contributed by atoms with E-state index in [1.54, 1.807) is 6.20 Å². The van der Waals surface area contributed by atoms with Crippen LogP contribution in [0.1, 0.15) is 24.1 Å². The largest absolute Gasteiger partial charge is 0.388 e. The standard InChI is InChI=1S/C11H15N3S/c12-11(15)10-9(4-3-5-13-10)8-14-6-1-2-7-14/h3-5H,1-2,6-8H2,(H2,12,15). The first kappa shape index (κ1) is 10.5. The minimum atomic E-state index is 0.393. The number of aromatic nitrogens is 1. The fraction of sp³-hybridized carbons (Fsp3) is 0.455. The van der Waals surface area contributed by atoms with Gasteiger partial charge < -0.3 is 5.73 Å². The van der Waals surface area contributed by atoms with Gasteiger partial charge in [0, 0.05) is 12.7 Å². The van der Waals surface area contributed by atoms with Gasteiger partial charge in [0.2, 0.25) is 0 Å². The maximum absolute atomic E-state index is 5.64. The molecular formula is C11H15N3S. The van der Waals surface area contributed by atoms with E-state index in [4.69, 9.17) is 18.0 Å². The molecule has 0 spiro atoms. The van der Waals surface area contributed by atoms with Crippen LogP contribution in [0, 0.1) is 0 Å². The first-order valence-electron chi connectivity index (χ1n) is 5.23. The molecule has 0 radical (unpaired) electrons. The molecule has 0 aliphatic carbocycles. The molecule has 2 heterocycles. The van der Waals surface area contributed by atoms with Crippen molar-refractivity contribution < 1.29 is 0 Å². The van der Waals surface area contributed by atoms with Gasteiger partial charge in [0.1, 0.15) is 10.7 Å². The van der Waals surface area contributed by atoms with Crippen molar-refractivity contribution in [1.82, 2.24) is 9.88 Å². The summed E-state index contributed by atoms with van der Waals surface area (Å²) in [5.41, 5.74) is 7.56. The van der Waals surface area contributed by atoms with Crippen LogP contribution in [0.4, 0.5) is 0 Å². The van der Waals surface area contributed by atoms with E-state index < -0.39 is 0 Å². The minimum Gasteiger partial charge on any atom is -0.388 e. The highest BCUT2D eigenvalue weighted by atomic mass is 32.1. The van der Waals surface area contributed by atoms with Gasteiger partial charge in [-0.15, -0.1) is 0 Å². The van der Waals surface area contributed by atoms with Crippen LogP contribution in [0.3, 0.4) is 0 Å². The summed E-state index contributed by atoms with van der Waals surface area (Å²) < 4.78 is 0. The molecule has 0 saturated carbocycles. The Bertz CT molecular complexity index is 359. The topological polar surface area (TPSA) is 42.1 Å². The summed E-state index contributed by atoms with van der Waals surface area (Å²) in [6.07, 6.45) is 4.33. The Balaban J connectivity index is 2.15. The van der Waals surface area contributed by atoms with Crippen LogP contribution in [-0.2, 0) is 6.54 Å². The Morgan fingerprint density at radius 1 is 1.47 bits per heavy atom. The molecule has 0 bridgehead atoms. The van der Waals surface area contributed by atoms with E-state index in [-0.39, 0.29) is 0 Å². The Hall–Kier alpha value is -1.00. The predicted molar refractivity (Wildman–Crippen MR) is 64.6 cm³/mol. The molecule has 2 rings (SSSR count). The van der Waals surface area contributed by atoms with E-state index in [0.29, 0.717) is 4.99 Å². The molecule has 1 aliphatic rings. The van der Waals surface area contributed by atoms with E-state index >= 15 is 0 Å². The number of nitrogens with zero attached hydrogens (tertiary/aromatic N) is 2. The summed E-state index contributed by atoms with van der Waals surface area (Å²) in [4.78, 5) is 7.04. The number of hydrogen-bond acceptors (Lipinski definition) is 3. The van der Waals surface area contributed by atoms with Crippen molar-refractivity contribution in [2.45, 2.75) is 19.4 Å². The molecule has 2 N–H and O–H groups in total. The maximum Gasteiger partial charge on any atom is 0.123 e. The summed E-state index contributed by atoms with van der Waals surface area (Å²) in [5.74, 6) is 0. The fourth-order valence-corrected chi connectivity index (χ4v) is 2.15. The average Bonchev–Trinajstić information content (AvgIpc) is 2.71. The zero-order valence-corrected chi connectivity index (χ0v) is 9.46. The van der Waals surface area contributed by atoms with Gasteiger partial charge in [-0.1, -0.05) is 18.3 Å². The third-order valence-electron chi connectivity index (χ3n) is 2.72. The molecule has 0 amide bonds. The van der Waals surface area contributed by atoms with Crippen LogP contribution in [0.2, 0.25) is 0 Å². The van der Waals surface area contributed by atoms with Crippen LogP contribution in [0.25, 0.3) is 0 Å². The van der Waals surface area contributed by atoms with Gasteiger partial charge in [-0.2, -0.15) is 0 Å². The van der Waals surface area contributed by atoms with Crippen LogP contribution in [0.15, 0.2) is 18.3 Å². The molecule has 80 valence electrons. The van der Waals surface area contributed by atoms with Gasteiger partial charge in [-0.05, 0) is 37.6 Å². The molecular weight excluding hydrogens is 206 g/mol. The van der Waals surface area contributed by atoms with Gasteiger partial charge in [-0.25, -0.2) is 0 Å². The van der Waals surface area contributed by atoms with Crippen LogP contribution in [-0.4, -0.2) is 28.0 Å². The first-order valence-corrected chi connectivity index (χ1v) is 5.64. The lowest BCUT2D eigenvalue weighted by molar-refractivity contribution is 0.331. The van der Waals surface area contributed by atoms with Crippen molar-refractivity contribution >= 4 is 17.2 Å². The lowest BCUT2D eigenvalue weighted by Gasteiger charge is -2.16. The molecule has 0 atom stereocenters. The summed E-state index contributed by atoms with van der Waals surface area (Å²) in [6, 6.07) is 3.99. The molecule has 1 aliphatic heterocycles. The van der Waals surface area contributed by atoms with Crippen LogP contribution >= 0.6 is 12.2 Å². The van der Waals surface area contributed by atoms with Gasteiger partial charge in [0.15, 0.2) is 0 Å².